The monoisotopic (exact) mass is 544 g/mol. The second-order valence-electron chi connectivity index (χ2n) is 8.82. The van der Waals surface area contributed by atoms with Gasteiger partial charge in [-0.2, -0.15) is 0 Å². The predicted molar refractivity (Wildman–Crippen MR) is 143 cm³/mol. The topological polar surface area (TPSA) is 82.2 Å². The average molecular weight is 545 g/mol. The first kappa shape index (κ1) is 27.0. The number of carbonyl (C=O) groups is 3. The molecule has 2 aromatic rings. The molecule has 4 rings (SSSR count). The Morgan fingerprint density at radius 2 is 1.70 bits per heavy atom. The fourth-order valence-electron chi connectivity index (χ4n) is 4.68. The summed E-state index contributed by atoms with van der Waals surface area (Å²) < 4.78 is 5.43. The third kappa shape index (κ3) is 5.92. The van der Waals surface area contributed by atoms with Gasteiger partial charge in [0.2, 0.25) is 0 Å². The molecule has 1 fully saturated rings. The van der Waals surface area contributed by atoms with Gasteiger partial charge in [0.1, 0.15) is 0 Å². The van der Waals surface area contributed by atoms with E-state index in [1.54, 1.807) is 30.0 Å². The molecule has 2 aliphatic heterocycles. The van der Waals surface area contributed by atoms with Crippen molar-refractivity contribution in [2.75, 3.05) is 45.9 Å². The van der Waals surface area contributed by atoms with Crippen LogP contribution >= 0.6 is 23.2 Å². The molecular formula is C27H30Cl2N4O4. The van der Waals surface area contributed by atoms with E-state index in [4.69, 9.17) is 27.9 Å². The van der Waals surface area contributed by atoms with Gasteiger partial charge in [0.25, 0.3) is 5.91 Å². The molecule has 37 heavy (non-hydrogen) atoms. The molecule has 0 bridgehead atoms. The number of carbonyl (C=O) groups excluding carboxylic acids is 3. The highest BCUT2D eigenvalue weighted by Crippen LogP contribution is 2.34. The van der Waals surface area contributed by atoms with Crippen LogP contribution in [0.15, 0.2) is 59.8 Å². The normalized spacial score (nSPS) is 18.6. The van der Waals surface area contributed by atoms with Crippen LogP contribution in [0, 0.1) is 0 Å². The van der Waals surface area contributed by atoms with E-state index in [1.165, 1.54) is 0 Å². The number of nitrogens with one attached hydrogen (secondary N) is 1. The first-order chi connectivity index (χ1) is 17.8. The van der Waals surface area contributed by atoms with Gasteiger partial charge in [-0.05, 0) is 43.7 Å². The molecule has 1 unspecified atom stereocenters. The molecule has 1 atom stereocenters. The zero-order valence-electron chi connectivity index (χ0n) is 20.9. The Hall–Kier alpha value is -3.07. The number of ether oxygens (including phenoxy) is 1. The van der Waals surface area contributed by atoms with Crippen molar-refractivity contribution in [2.24, 2.45) is 0 Å². The minimum atomic E-state index is -0.736. The predicted octanol–water partition coefficient (Wildman–Crippen LogP) is 4.35. The summed E-state index contributed by atoms with van der Waals surface area (Å²) in [6.07, 6.45) is 0. The van der Waals surface area contributed by atoms with Gasteiger partial charge in [0.05, 0.1) is 28.3 Å². The van der Waals surface area contributed by atoms with E-state index in [9.17, 15) is 14.4 Å². The first-order valence-electron chi connectivity index (χ1n) is 12.3. The van der Waals surface area contributed by atoms with Crippen LogP contribution in [0.25, 0.3) is 0 Å². The maximum atomic E-state index is 13.3. The standard InChI is InChI=1S/C27H30Cl2N4O4/c1-3-33-22(17-31-12-14-32(15-13-31)25(34)18-8-6-5-7-9-18)23(26(35)37-4-2)24(30-27(33)36)19-10-11-20(28)21(29)16-19/h5-11,16,24H,3-4,12-15,17H2,1-2H3,(H,30,36). The van der Waals surface area contributed by atoms with Gasteiger partial charge in [-0.1, -0.05) is 47.5 Å². The zero-order valence-corrected chi connectivity index (χ0v) is 22.4. The molecule has 196 valence electrons. The third-order valence-corrected chi connectivity index (χ3v) is 7.32. The van der Waals surface area contributed by atoms with Gasteiger partial charge in [-0.3, -0.25) is 14.6 Å². The summed E-state index contributed by atoms with van der Waals surface area (Å²) in [5.74, 6) is -0.497. The Balaban J connectivity index is 1.62. The van der Waals surface area contributed by atoms with E-state index < -0.39 is 12.0 Å². The lowest BCUT2D eigenvalue weighted by Gasteiger charge is -2.40. The molecule has 2 aromatic carbocycles. The van der Waals surface area contributed by atoms with E-state index in [1.807, 2.05) is 42.2 Å². The highest BCUT2D eigenvalue weighted by atomic mass is 35.5. The number of hydrogen-bond acceptors (Lipinski definition) is 5. The van der Waals surface area contributed by atoms with E-state index in [2.05, 4.69) is 10.2 Å². The smallest absolute Gasteiger partial charge is 0.338 e. The third-order valence-electron chi connectivity index (χ3n) is 6.58. The Morgan fingerprint density at radius 1 is 1.00 bits per heavy atom. The molecule has 0 spiro atoms. The van der Waals surface area contributed by atoms with Crippen LogP contribution in [0.1, 0.15) is 35.8 Å². The Kier molecular flexibility index (Phi) is 8.74. The fourth-order valence-corrected chi connectivity index (χ4v) is 4.99. The van der Waals surface area contributed by atoms with Crippen molar-refractivity contribution < 1.29 is 19.1 Å². The summed E-state index contributed by atoms with van der Waals surface area (Å²) in [6.45, 7) is 6.85. The lowest BCUT2D eigenvalue weighted by atomic mass is 9.94. The molecule has 0 radical (unpaired) electrons. The molecule has 0 aliphatic carbocycles. The number of piperazine rings is 1. The maximum Gasteiger partial charge on any atom is 0.338 e. The molecule has 3 amide bonds. The van der Waals surface area contributed by atoms with Crippen molar-refractivity contribution in [3.8, 4) is 0 Å². The van der Waals surface area contributed by atoms with Crippen LogP contribution in [0.3, 0.4) is 0 Å². The highest BCUT2D eigenvalue weighted by Gasteiger charge is 2.38. The number of urea groups is 1. The maximum absolute atomic E-state index is 13.3. The lowest BCUT2D eigenvalue weighted by molar-refractivity contribution is -0.139. The summed E-state index contributed by atoms with van der Waals surface area (Å²) in [4.78, 5) is 44.8. The molecular weight excluding hydrogens is 515 g/mol. The molecule has 2 aliphatic rings. The van der Waals surface area contributed by atoms with Crippen LogP contribution in [0.4, 0.5) is 4.79 Å². The number of halogens is 2. The number of amides is 3. The van der Waals surface area contributed by atoms with Gasteiger partial charge < -0.3 is 15.0 Å². The molecule has 0 aromatic heterocycles. The van der Waals surface area contributed by atoms with Gasteiger partial charge in [-0.25, -0.2) is 9.59 Å². The largest absolute Gasteiger partial charge is 0.463 e. The second-order valence-corrected chi connectivity index (χ2v) is 9.63. The van der Waals surface area contributed by atoms with E-state index in [0.717, 1.165) is 0 Å². The van der Waals surface area contributed by atoms with Gasteiger partial charge in [0, 0.05) is 50.5 Å². The Labute approximate surface area is 226 Å². The van der Waals surface area contributed by atoms with E-state index in [-0.39, 0.29) is 18.5 Å². The molecule has 8 nitrogen and oxygen atoms in total. The molecule has 1 saturated heterocycles. The van der Waals surface area contributed by atoms with Crippen LogP contribution in [-0.2, 0) is 9.53 Å². The summed E-state index contributed by atoms with van der Waals surface area (Å²) in [7, 11) is 0. The van der Waals surface area contributed by atoms with Crippen molar-refractivity contribution in [3.05, 3.63) is 81.0 Å². The van der Waals surface area contributed by atoms with Gasteiger partial charge in [0.15, 0.2) is 0 Å². The summed E-state index contributed by atoms with van der Waals surface area (Å²) in [5, 5.41) is 3.64. The molecule has 2 heterocycles. The number of benzene rings is 2. The number of nitrogens with zero attached hydrogens (tertiary/aromatic N) is 3. The first-order valence-corrected chi connectivity index (χ1v) is 13.1. The SMILES string of the molecule is CCOC(=O)C1=C(CN2CCN(C(=O)c3ccccc3)CC2)N(CC)C(=O)NC1c1ccc(Cl)c(Cl)c1. The quantitative estimate of drug-likeness (QED) is 0.524. The Bertz CT molecular complexity index is 1200. The molecule has 0 saturated carbocycles. The summed E-state index contributed by atoms with van der Waals surface area (Å²) in [6, 6.07) is 13.2. The van der Waals surface area contributed by atoms with Gasteiger partial charge >= 0.3 is 12.0 Å². The van der Waals surface area contributed by atoms with E-state index in [0.29, 0.717) is 71.7 Å². The number of hydrogen-bond donors (Lipinski definition) is 1. The fraction of sp³-hybridized carbons (Fsp3) is 0.370. The van der Waals surface area contributed by atoms with Crippen LogP contribution in [0.5, 0.6) is 0 Å². The lowest BCUT2D eigenvalue weighted by Crippen LogP contribution is -2.53. The van der Waals surface area contributed by atoms with Crippen molar-refractivity contribution in [1.29, 1.82) is 0 Å². The van der Waals surface area contributed by atoms with Crippen molar-refractivity contribution in [3.63, 3.8) is 0 Å². The summed E-state index contributed by atoms with van der Waals surface area (Å²) >= 11 is 12.4. The van der Waals surface area contributed by atoms with Crippen LogP contribution < -0.4 is 5.32 Å². The van der Waals surface area contributed by atoms with E-state index >= 15 is 0 Å². The van der Waals surface area contributed by atoms with Crippen molar-refractivity contribution in [2.45, 2.75) is 19.9 Å². The van der Waals surface area contributed by atoms with Crippen LogP contribution in [-0.4, -0.2) is 78.5 Å². The minimum Gasteiger partial charge on any atom is -0.463 e. The summed E-state index contributed by atoms with van der Waals surface area (Å²) in [5.41, 5.74) is 2.25. The molecule has 1 N–H and O–H groups in total. The van der Waals surface area contributed by atoms with Crippen LogP contribution in [0.2, 0.25) is 10.0 Å². The number of likely N-dealkylation sites (N-methyl/N-ethyl adjacent to an activating group) is 1. The highest BCUT2D eigenvalue weighted by molar-refractivity contribution is 6.42. The van der Waals surface area contributed by atoms with Crippen molar-refractivity contribution in [1.82, 2.24) is 20.0 Å². The van der Waals surface area contributed by atoms with Gasteiger partial charge in [-0.15, -0.1) is 0 Å². The molecule has 10 heteroatoms. The minimum absolute atomic E-state index is 0.00131. The Morgan fingerprint density at radius 3 is 2.32 bits per heavy atom. The average Bonchev–Trinajstić information content (AvgIpc) is 2.90. The second kappa shape index (κ2) is 12.0. The zero-order chi connectivity index (χ0) is 26.5. The van der Waals surface area contributed by atoms with Crippen molar-refractivity contribution >= 4 is 41.1 Å². The number of rotatable bonds is 7. The number of esters is 1.